The number of hydrogen-bond acceptors (Lipinski definition) is 2. The van der Waals surface area contributed by atoms with Crippen LogP contribution in [-0.4, -0.2) is 5.91 Å². The molecule has 0 aromatic heterocycles. The molecule has 0 bridgehead atoms. The van der Waals surface area contributed by atoms with Crippen molar-refractivity contribution >= 4 is 11.6 Å². The average Bonchev–Trinajstić information content (AvgIpc) is 2.63. The lowest BCUT2D eigenvalue weighted by Gasteiger charge is -2.10. The van der Waals surface area contributed by atoms with E-state index in [-0.39, 0.29) is 5.91 Å². The minimum Gasteiger partial charge on any atom is -0.457 e. The summed E-state index contributed by atoms with van der Waals surface area (Å²) in [5, 5.41) is 2.92. The molecular formula is C23H23NO2. The fraction of sp³-hybridized carbons (Fsp3) is 0.174. The number of hydrogen-bond donors (Lipinski definition) is 1. The van der Waals surface area contributed by atoms with Gasteiger partial charge in [-0.2, -0.15) is 0 Å². The van der Waals surface area contributed by atoms with E-state index in [1.54, 1.807) is 0 Å². The summed E-state index contributed by atoms with van der Waals surface area (Å²) in [4.78, 5) is 12.2. The minimum absolute atomic E-state index is 0.0466. The van der Waals surface area contributed by atoms with Crippen molar-refractivity contribution < 1.29 is 9.53 Å². The molecule has 3 aromatic carbocycles. The molecule has 132 valence electrons. The van der Waals surface area contributed by atoms with Crippen molar-refractivity contribution in [2.45, 2.75) is 26.2 Å². The van der Waals surface area contributed by atoms with Gasteiger partial charge >= 0.3 is 0 Å². The van der Waals surface area contributed by atoms with E-state index in [2.05, 4.69) is 31.3 Å². The van der Waals surface area contributed by atoms with Gasteiger partial charge in [0.15, 0.2) is 0 Å². The van der Waals surface area contributed by atoms with Crippen LogP contribution in [0, 0.1) is 0 Å². The predicted molar refractivity (Wildman–Crippen MR) is 106 cm³/mol. The zero-order valence-electron chi connectivity index (χ0n) is 15.1. The first-order chi connectivity index (χ1) is 12.6. The van der Waals surface area contributed by atoms with Crippen LogP contribution in [0.25, 0.3) is 0 Å². The summed E-state index contributed by atoms with van der Waals surface area (Å²) in [6, 6.07) is 25.2. The fourth-order valence-corrected chi connectivity index (χ4v) is 2.68. The van der Waals surface area contributed by atoms with Crippen LogP contribution in [0.3, 0.4) is 0 Å². The molecule has 0 aliphatic rings. The van der Waals surface area contributed by atoms with Crippen molar-refractivity contribution in [1.82, 2.24) is 0 Å². The summed E-state index contributed by atoms with van der Waals surface area (Å²) in [5.41, 5.74) is 2.99. The van der Waals surface area contributed by atoms with Crippen LogP contribution in [0.2, 0.25) is 0 Å². The highest BCUT2D eigenvalue weighted by atomic mass is 16.5. The van der Waals surface area contributed by atoms with E-state index < -0.39 is 0 Å². The standard InChI is InChI=1S/C23H23NO2/c1-17(2)19-11-13-21(14-12-19)26-22-10-6-9-20(16-22)24-23(25)15-18-7-4-3-5-8-18/h3-14,16-17H,15H2,1-2H3,(H,24,25). The van der Waals surface area contributed by atoms with E-state index in [1.165, 1.54) is 5.56 Å². The summed E-state index contributed by atoms with van der Waals surface area (Å²) >= 11 is 0. The van der Waals surface area contributed by atoms with Gasteiger partial charge in [0, 0.05) is 11.8 Å². The normalized spacial score (nSPS) is 10.6. The highest BCUT2D eigenvalue weighted by molar-refractivity contribution is 5.92. The summed E-state index contributed by atoms with van der Waals surface area (Å²) in [6.45, 7) is 4.33. The lowest BCUT2D eigenvalue weighted by atomic mass is 10.0. The molecule has 0 heterocycles. The number of amides is 1. The van der Waals surface area contributed by atoms with E-state index in [4.69, 9.17) is 4.74 Å². The molecule has 0 spiro atoms. The number of nitrogens with one attached hydrogen (secondary N) is 1. The van der Waals surface area contributed by atoms with Crippen LogP contribution in [0.5, 0.6) is 11.5 Å². The maximum absolute atomic E-state index is 12.2. The monoisotopic (exact) mass is 345 g/mol. The van der Waals surface area contributed by atoms with Crippen LogP contribution < -0.4 is 10.1 Å². The van der Waals surface area contributed by atoms with E-state index in [0.29, 0.717) is 18.1 Å². The molecule has 0 saturated heterocycles. The van der Waals surface area contributed by atoms with Crippen molar-refractivity contribution in [3.05, 3.63) is 90.0 Å². The van der Waals surface area contributed by atoms with Gasteiger partial charge in [-0.05, 0) is 41.3 Å². The Labute approximate surface area is 154 Å². The molecule has 3 aromatic rings. The second-order valence-electron chi connectivity index (χ2n) is 6.56. The number of carbonyl (C=O) groups is 1. The molecular weight excluding hydrogens is 322 g/mol. The third-order valence-electron chi connectivity index (χ3n) is 4.11. The molecule has 0 aliphatic carbocycles. The molecule has 3 nitrogen and oxygen atoms in total. The Morgan fingerprint density at radius 1 is 0.885 bits per heavy atom. The largest absolute Gasteiger partial charge is 0.457 e. The Bertz CT molecular complexity index is 855. The highest BCUT2D eigenvalue weighted by Gasteiger charge is 2.06. The van der Waals surface area contributed by atoms with Crippen molar-refractivity contribution in [3.8, 4) is 11.5 Å². The van der Waals surface area contributed by atoms with Gasteiger partial charge in [0.25, 0.3) is 0 Å². The lowest BCUT2D eigenvalue weighted by Crippen LogP contribution is -2.14. The maximum atomic E-state index is 12.2. The van der Waals surface area contributed by atoms with Crippen molar-refractivity contribution in [2.24, 2.45) is 0 Å². The molecule has 0 radical (unpaired) electrons. The maximum Gasteiger partial charge on any atom is 0.228 e. The Morgan fingerprint density at radius 2 is 1.62 bits per heavy atom. The number of anilines is 1. The molecule has 0 atom stereocenters. The molecule has 1 amide bonds. The second-order valence-corrected chi connectivity index (χ2v) is 6.56. The smallest absolute Gasteiger partial charge is 0.228 e. The predicted octanol–water partition coefficient (Wildman–Crippen LogP) is 5.78. The van der Waals surface area contributed by atoms with Gasteiger partial charge in [-0.15, -0.1) is 0 Å². The average molecular weight is 345 g/mol. The topological polar surface area (TPSA) is 38.3 Å². The summed E-state index contributed by atoms with van der Waals surface area (Å²) < 4.78 is 5.90. The molecule has 1 N–H and O–H groups in total. The Hall–Kier alpha value is -3.07. The first-order valence-corrected chi connectivity index (χ1v) is 8.82. The Balaban J connectivity index is 1.63. The number of benzene rings is 3. The summed E-state index contributed by atoms with van der Waals surface area (Å²) in [6.07, 6.45) is 0.350. The van der Waals surface area contributed by atoms with E-state index in [9.17, 15) is 4.79 Å². The zero-order chi connectivity index (χ0) is 18.4. The summed E-state index contributed by atoms with van der Waals surface area (Å²) in [5.74, 6) is 1.92. The fourth-order valence-electron chi connectivity index (χ4n) is 2.68. The lowest BCUT2D eigenvalue weighted by molar-refractivity contribution is -0.115. The molecule has 0 saturated carbocycles. The van der Waals surface area contributed by atoms with Crippen LogP contribution in [0.1, 0.15) is 30.9 Å². The molecule has 0 aliphatic heterocycles. The third-order valence-corrected chi connectivity index (χ3v) is 4.11. The number of rotatable bonds is 6. The quantitative estimate of drug-likeness (QED) is 0.614. The Morgan fingerprint density at radius 3 is 2.31 bits per heavy atom. The SMILES string of the molecule is CC(C)c1ccc(Oc2cccc(NC(=O)Cc3ccccc3)c2)cc1. The Kier molecular flexibility index (Phi) is 5.69. The number of ether oxygens (including phenoxy) is 1. The molecule has 26 heavy (non-hydrogen) atoms. The van der Waals surface area contributed by atoms with Crippen LogP contribution >= 0.6 is 0 Å². The molecule has 3 heteroatoms. The van der Waals surface area contributed by atoms with Crippen LogP contribution in [-0.2, 0) is 11.2 Å². The van der Waals surface area contributed by atoms with Gasteiger partial charge in [-0.1, -0.05) is 62.4 Å². The van der Waals surface area contributed by atoms with Gasteiger partial charge in [-0.25, -0.2) is 0 Å². The van der Waals surface area contributed by atoms with Crippen molar-refractivity contribution in [3.63, 3.8) is 0 Å². The first kappa shape index (κ1) is 17.7. The highest BCUT2D eigenvalue weighted by Crippen LogP contribution is 2.26. The van der Waals surface area contributed by atoms with Crippen LogP contribution in [0.4, 0.5) is 5.69 Å². The van der Waals surface area contributed by atoms with E-state index in [1.807, 2.05) is 66.7 Å². The van der Waals surface area contributed by atoms with E-state index >= 15 is 0 Å². The first-order valence-electron chi connectivity index (χ1n) is 8.82. The van der Waals surface area contributed by atoms with Crippen molar-refractivity contribution in [1.29, 1.82) is 0 Å². The summed E-state index contributed by atoms with van der Waals surface area (Å²) in [7, 11) is 0. The van der Waals surface area contributed by atoms with Gasteiger partial charge in [-0.3, -0.25) is 4.79 Å². The van der Waals surface area contributed by atoms with Gasteiger partial charge in [0.1, 0.15) is 11.5 Å². The molecule has 0 fully saturated rings. The van der Waals surface area contributed by atoms with Gasteiger partial charge < -0.3 is 10.1 Å². The number of carbonyl (C=O) groups excluding carboxylic acids is 1. The van der Waals surface area contributed by atoms with Crippen LogP contribution in [0.15, 0.2) is 78.9 Å². The third kappa shape index (κ3) is 4.96. The zero-order valence-corrected chi connectivity index (χ0v) is 15.1. The second kappa shape index (κ2) is 8.34. The van der Waals surface area contributed by atoms with E-state index in [0.717, 1.165) is 17.0 Å². The minimum atomic E-state index is -0.0466. The molecule has 3 rings (SSSR count). The van der Waals surface area contributed by atoms with Gasteiger partial charge in [0.05, 0.1) is 6.42 Å². The molecule has 0 unspecified atom stereocenters. The van der Waals surface area contributed by atoms with Crippen molar-refractivity contribution in [2.75, 3.05) is 5.32 Å². The van der Waals surface area contributed by atoms with Gasteiger partial charge in [0.2, 0.25) is 5.91 Å².